The highest BCUT2D eigenvalue weighted by atomic mass is 16.5. The van der Waals surface area contributed by atoms with Crippen molar-refractivity contribution in [2.45, 2.75) is 31.4 Å². The molecule has 5 heterocycles. The minimum absolute atomic E-state index is 0.00676. The summed E-state index contributed by atoms with van der Waals surface area (Å²) in [6.45, 7) is 12.6. The van der Waals surface area contributed by atoms with Crippen molar-refractivity contribution in [1.29, 1.82) is 0 Å². The Morgan fingerprint density at radius 3 is 2.58 bits per heavy atom. The van der Waals surface area contributed by atoms with Crippen LogP contribution in [0.3, 0.4) is 0 Å². The fourth-order valence-electron chi connectivity index (χ4n) is 6.01. The van der Waals surface area contributed by atoms with Crippen molar-refractivity contribution in [2.24, 2.45) is 5.92 Å². The molecule has 0 bridgehead atoms. The molecule has 0 spiro atoms. The minimum atomic E-state index is -0.00676. The third-order valence-electron chi connectivity index (χ3n) is 8.50. The van der Waals surface area contributed by atoms with Crippen LogP contribution in [0.4, 0.5) is 5.82 Å². The van der Waals surface area contributed by atoms with E-state index in [1.54, 1.807) is 6.33 Å². The Bertz CT molecular complexity index is 1240. The number of likely N-dealkylation sites (tertiary alicyclic amines) is 2. The molecule has 3 aliphatic heterocycles. The first kappa shape index (κ1) is 22.4. The smallest absolute Gasteiger partial charge is 0.132 e. The van der Waals surface area contributed by atoms with E-state index in [4.69, 9.17) is 4.74 Å². The molecule has 7 rings (SSSR count). The molecular formula is C27H36N8O. The van der Waals surface area contributed by atoms with Crippen LogP contribution in [0.2, 0.25) is 0 Å². The van der Waals surface area contributed by atoms with Crippen molar-refractivity contribution in [3.05, 3.63) is 30.6 Å². The second kappa shape index (κ2) is 8.68. The van der Waals surface area contributed by atoms with Gasteiger partial charge in [-0.1, -0.05) is 0 Å². The number of ether oxygens (including phenoxy) is 1. The lowest BCUT2D eigenvalue weighted by atomic mass is 9.97. The predicted octanol–water partition coefficient (Wildman–Crippen LogP) is 2.32. The predicted molar refractivity (Wildman–Crippen MR) is 140 cm³/mol. The number of H-pyrrole nitrogens is 1. The van der Waals surface area contributed by atoms with Gasteiger partial charge >= 0.3 is 0 Å². The SMILES string of the molecule is CN1CC(CN2CC(N3CCN(c4cc(-c5n[nH]c6ccc(OC7(C)CC7)cc56)ncn4)CC3)C2)C1. The summed E-state index contributed by atoms with van der Waals surface area (Å²) in [5.74, 6) is 2.76. The zero-order valence-corrected chi connectivity index (χ0v) is 21.4. The fraction of sp³-hybridized carbons (Fsp3) is 0.593. The Balaban J connectivity index is 0.990. The van der Waals surface area contributed by atoms with Gasteiger partial charge in [0, 0.05) is 76.4 Å². The van der Waals surface area contributed by atoms with Gasteiger partial charge in [-0.05, 0) is 50.9 Å². The topological polar surface area (TPSA) is 76.7 Å². The van der Waals surface area contributed by atoms with Crippen LogP contribution in [0.15, 0.2) is 30.6 Å². The highest BCUT2D eigenvalue weighted by Gasteiger charge is 2.40. The summed E-state index contributed by atoms with van der Waals surface area (Å²) in [5.41, 5.74) is 2.68. The number of hydrogen-bond donors (Lipinski definition) is 1. The Labute approximate surface area is 212 Å². The van der Waals surface area contributed by atoms with Crippen molar-refractivity contribution in [1.82, 2.24) is 34.9 Å². The van der Waals surface area contributed by atoms with E-state index in [9.17, 15) is 0 Å². The number of piperazine rings is 1. The molecule has 4 aliphatic rings. The van der Waals surface area contributed by atoms with Crippen LogP contribution in [-0.2, 0) is 0 Å². The molecular weight excluding hydrogens is 452 g/mol. The van der Waals surface area contributed by atoms with E-state index in [0.717, 1.165) is 84.8 Å². The second-order valence-electron chi connectivity index (χ2n) is 11.6. The molecule has 1 saturated carbocycles. The molecule has 1 aliphatic carbocycles. The highest BCUT2D eigenvalue weighted by Crippen LogP contribution is 2.40. The summed E-state index contributed by atoms with van der Waals surface area (Å²) < 4.78 is 6.19. The zero-order chi connectivity index (χ0) is 24.3. The number of fused-ring (bicyclic) bond motifs is 1. The molecule has 1 N–H and O–H groups in total. The van der Waals surface area contributed by atoms with Gasteiger partial charge in [0.25, 0.3) is 0 Å². The van der Waals surface area contributed by atoms with Gasteiger partial charge in [-0.25, -0.2) is 9.97 Å². The van der Waals surface area contributed by atoms with Gasteiger partial charge in [0.15, 0.2) is 0 Å². The van der Waals surface area contributed by atoms with Crippen LogP contribution >= 0.6 is 0 Å². The van der Waals surface area contributed by atoms with Crippen molar-refractivity contribution in [3.8, 4) is 17.1 Å². The van der Waals surface area contributed by atoms with E-state index in [-0.39, 0.29) is 5.60 Å². The maximum Gasteiger partial charge on any atom is 0.132 e. The number of benzene rings is 1. The molecule has 1 aromatic carbocycles. The normalized spacial score (nSPS) is 23.6. The third-order valence-corrected chi connectivity index (χ3v) is 8.50. The molecule has 3 saturated heterocycles. The summed E-state index contributed by atoms with van der Waals surface area (Å²) in [5, 5.41) is 8.79. The Hall–Kier alpha value is -2.75. The molecule has 0 amide bonds. The molecule has 190 valence electrons. The van der Waals surface area contributed by atoms with E-state index in [1.165, 1.54) is 32.7 Å². The number of nitrogens with one attached hydrogen (secondary N) is 1. The molecule has 9 nitrogen and oxygen atoms in total. The lowest BCUT2D eigenvalue weighted by Gasteiger charge is -2.50. The van der Waals surface area contributed by atoms with E-state index < -0.39 is 0 Å². The molecule has 4 fully saturated rings. The van der Waals surface area contributed by atoms with Crippen molar-refractivity contribution >= 4 is 16.7 Å². The largest absolute Gasteiger partial charge is 0.488 e. The van der Waals surface area contributed by atoms with Crippen LogP contribution in [0, 0.1) is 5.92 Å². The number of rotatable bonds is 7. The molecule has 0 radical (unpaired) electrons. The standard InChI is InChI=1S/C27H36N8O/c1-27(5-6-27)36-21-3-4-23-22(11-21)26(31-30-23)24-12-25(29-18-28-24)35-9-7-34(8-10-35)20-16-33(17-20)15-19-13-32(2)14-19/h3-4,11-12,18-20H,5-10,13-17H2,1-2H3,(H,30,31). The van der Waals surface area contributed by atoms with Gasteiger partial charge < -0.3 is 14.5 Å². The minimum Gasteiger partial charge on any atom is -0.488 e. The number of nitrogens with zero attached hydrogens (tertiary/aromatic N) is 7. The van der Waals surface area contributed by atoms with Gasteiger partial charge in [0.05, 0.1) is 11.2 Å². The maximum absolute atomic E-state index is 6.19. The van der Waals surface area contributed by atoms with E-state index >= 15 is 0 Å². The van der Waals surface area contributed by atoms with Crippen molar-refractivity contribution in [2.75, 3.05) is 70.9 Å². The first-order valence-corrected chi connectivity index (χ1v) is 13.4. The first-order valence-electron chi connectivity index (χ1n) is 13.4. The summed E-state index contributed by atoms with van der Waals surface area (Å²) >= 11 is 0. The van der Waals surface area contributed by atoms with Crippen LogP contribution in [0.1, 0.15) is 19.8 Å². The lowest BCUT2D eigenvalue weighted by molar-refractivity contribution is -0.00145. The monoisotopic (exact) mass is 488 g/mol. The highest BCUT2D eigenvalue weighted by molar-refractivity contribution is 5.93. The first-order chi connectivity index (χ1) is 17.5. The average molecular weight is 489 g/mol. The van der Waals surface area contributed by atoms with Gasteiger partial charge in [-0.2, -0.15) is 5.10 Å². The number of aromatic amines is 1. The average Bonchev–Trinajstić information content (AvgIpc) is 3.42. The number of aromatic nitrogens is 4. The van der Waals surface area contributed by atoms with Crippen LogP contribution in [0.25, 0.3) is 22.3 Å². The van der Waals surface area contributed by atoms with Crippen LogP contribution in [0.5, 0.6) is 5.75 Å². The van der Waals surface area contributed by atoms with Gasteiger partial charge in [-0.15, -0.1) is 0 Å². The van der Waals surface area contributed by atoms with Gasteiger partial charge in [0.2, 0.25) is 0 Å². The maximum atomic E-state index is 6.19. The lowest BCUT2D eigenvalue weighted by Crippen LogP contribution is -2.65. The summed E-state index contributed by atoms with van der Waals surface area (Å²) in [6.07, 6.45) is 3.90. The molecule has 0 unspecified atom stereocenters. The Kier molecular flexibility index (Phi) is 5.41. The van der Waals surface area contributed by atoms with E-state index in [1.807, 2.05) is 12.1 Å². The molecule has 0 atom stereocenters. The van der Waals surface area contributed by atoms with Crippen molar-refractivity contribution in [3.63, 3.8) is 0 Å². The molecule has 3 aromatic rings. The number of hydrogen-bond acceptors (Lipinski definition) is 8. The van der Waals surface area contributed by atoms with Gasteiger partial charge in [-0.3, -0.25) is 14.9 Å². The quantitative estimate of drug-likeness (QED) is 0.543. The number of anilines is 1. The molecule has 9 heteroatoms. The third kappa shape index (κ3) is 4.33. The van der Waals surface area contributed by atoms with E-state index in [2.05, 4.69) is 65.9 Å². The summed E-state index contributed by atoms with van der Waals surface area (Å²) in [7, 11) is 2.22. The summed E-state index contributed by atoms with van der Waals surface area (Å²) in [4.78, 5) is 19.3. The fourth-order valence-corrected chi connectivity index (χ4v) is 6.01. The second-order valence-corrected chi connectivity index (χ2v) is 11.6. The van der Waals surface area contributed by atoms with Gasteiger partial charge in [0.1, 0.15) is 29.2 Å². The van der Waals surface area contributed by atoms with Crippen LogP contribution < -0.4 is 9.64 Å². The van der Waals surface area contributed by atoms with Crippen LogP contribution in [-0.4, -0.2) is 112 Å². The Morgan fingerprint density at radius 1 is 1.03 bits per heavy atom. The summed E-state index contributed by atoms with van der Waals surface area (Å²) in [6, 6.07) is 8.95. The van der Waals surface area contributed by atoms with Crippen molar-refractivity contribution < 1.29 is 4.74 Å². The molecule has 36 heavy (non-hydrogen) atoms. The Morgan fingerprint density at radius 2 is 1.83 bits per heavy atom. The zero-order valence-electron chi connectivity index (χ0n) is 21.4. The van der Waals surface area contributed by atoms with E-state index in [0.29, 0.717) is 0 Å². The molecule has 2 aromatic heterocycles.